The lowest BCUT2D eigenvalue weighted by molar-refractivity contribution is 0.145. The number of hydrogen-bond donors (Lipinski definition) is 3. The van der Waals surface area contributed by atoms with E-state index in [0.29, 0.717) is 32.3 Å². The summed E-state index contributed by atoms with van der Waals surface area (Å²) in [6.45, 7) is 4.41. The molecule has 0 heterocycles. The molecule has 1 rings (SSSR count). The highest BCUT2D eigenvalue weighted by Crippen LogP contribution is 2.16. The van der Waals surface area contributed by atoms with E-state index in [1.165, 1.54) is 6.07 Å². The molecule has 0 saturated heterocycles. The summed E-state index contributed by atoms with van der Waals surface area (Å²) in [5.74, 6) is 5.41. The lowest BCUT2D eigenvalue weighted by atomic mass is 10.2. The minimum Gasteiger partial charge on any atom is -0.382 e. The van der Waals surface area contributed by atoms with Gasteiger partial charge in [0.25, 0.3) is 0 Å². The fraction of sp³-hybridized carbons (Fsp3) is 0.462. The van der Waals surface area contributed by atoms with Crippen molar-refractivity contribution in [2.45, 2.75) is 19.9 Å². The van der Waals surface area contributed by atoms with Crippen molar-refractivity contribution in [3.63, 3.8) is 0 Å². The zero-order chi connectivity index (χ0) is 14.8. The fourth-order valence-electron chi connectivity index (χ4n) is 1.49. The maximum Gasteiger partial charge on any atom is 0.206 e. The third kappa shape index (κ3) is 6.18. The van der Waals surface area contributed by atoms with Gasteiger partial charge >= 0.3 is 0 Å². The van der Waals surface area contributed by atoms with Gasteiger partial charge in [0.2, 0.25) is 5.96 Å². The zero-order valence-electron chi connectivity index (χ0n) is 11.5. The van der Waals surface area contributed by atoms with Gasteiger partial charge in [-0.3, -0.25) is 5.43 Å². The summed E-state index contributed by atoms with van der Waals surface area (Å²) >= 11 is 5.70. The number of nitrogens with two attached hydrogens (primary N) is 1. The molecule has 0 bridgehead atoms. The Kier molecular flexibility index (Phi) is 7.94. The van der Waals surface area contributed by atoms with Crippen molar-refractivity contribution in [2.75, 3.05) is 19.8 Å². The number of nitrogens with one attached hydrogen (secondary N) is 2. The Morgan fingerprint density at radius 2 is 2.30 bits per heavy atom. The van der Waals surface area contributed by atoms with Gasteiger partial charge in [0.15, 0.2) is 0 Å². The van der Waals surface area contributed by atoms with Crippen LogP contribution in [0.15, 0.2) is 23.2 Å². The number of guanidine groups is 1. The quantitative estimate of drug-likeness (QED) is 0.236. The van der Waals surface area contributed by atoms with Gasteiger partial charge in [-0.25, -0.2) is 15.2 Å². The smallest absolute Gasteiger partial charge is 0.206 e. The molecule has 0 spiro atoms. The normalized spacial score (nSPS) is 11.5. The highest BCUT2D eigenvalue weighted by molar-refractivity contribution is 6.30. The summed E-state index contributed by atoms with van der Waals surface area (Å²) in [6, 6.07) is 4.50. The number of rotatable bonds is 7. The standard InChI is InChI=1S/C13H20ClFN4O/c1-2-20-7-3-6-17-13(19-16)18-9-10-4-5-12(15)11(14)8-10/h4-5,8H,2-3,6-7,9,16H2,1H3,(H2,17,18,19). The lowest BCUT2D eigenvalue weighted by Gasteiger charge is -2.09. The molecule has 1 aromatic carbocycles. The fourth-order valence-corrected chi connectivity index (χ4v) is 1.69. The van der Waals surface area contributed by atoms with Gasteiger partial charge in [0.1, 0.15) is 5.82 Å². The summed E-state index contributed by atoms with van der Waals surface area (Å²) in [5.41, 5.74) is 3.29. The molecule has 0 aliphatic rings. The van der Waals surface area contributed by atoms with Crippen molar-refractivity contribution in [1.82, 2.24) is 10.7 Å². The molecule has 0 atom stereocenters. The van der Waals surface area contributed by atoms with Crippen LogP contribution in [-0.2, 0) is 11.3 Å². The Morgan fingerprint density at radius 1 is 1.50 bits per heavy atom. The molecule has 0 aromatic heterocycles. The van der Waals surface area contributed by atoms with Gasteiger partial charge in [0, 0.05) is 19.8 Å². The molecule has 112 valence electrons. The second-order valence-corrected chi connectivity index (χ2v) is 4.44. The molecule has 1 aromatic rings. The van der Waals surface area contributed by atoms with Crippen LogP contribution in [-0.4, -0.2) is 25.7 Å². The van der Waals surface area contributed by atoms with E-state index in [0.717, 1.165) is 12.0 Å². The Balaban J connectivity index is 2.42. The monoisotopic (exact) mass is 302 g/mol. The van der Waals surface area contributed by atoms with Crippen LogP contribution in [0.4, 0.5) is 4.39 Å². The lowest BCUT2D eigenvalue weighted by Crippen LogP contribution is -2.42. The van der Waals surface area contributed by atoms with Crippen molar-refractivity contribution in [3.05, 3.63) is 34.6 Å². The molecular weight excluding hydrogens is 283 g/mol. The number of ether oxygens (including phenoxy) is 1. The first-order chi connectivity index (χ1) is 9.67. The van der Waals surface area contributed by atoms with Crippen LogP contribution in [0, 0.1) is 5.82 Å². The first-order valence-electron chi connectivity index (χ1n) is 6.44. The molecule has 0 fully saturated rings. The molecule has 5 nitrogen and oxygen atoms in total. The number of benzene rings is 1. The van der Waals surface area contributed by atoms with Crippen LogP contribution < -0.4 is 16.6 Å². The molecule has 0 aliphatic heterocycles. The van der Waals surface area contributed by atoms with E-state index in [4.69, 9.17) is 22.2 Å². The number of aliphatic imine (C=N–C) groups is 1. The highest BCUT2D eigenvalue weighted by Gasteiger charge is 2.01. The van der Waals surface area contributed by atoms with Gasteiger partial charge in [-0.15, -0.1) is 0 Å². The second-order valence-electron chi connectivity index (χ2n) is 4.03. The molecule has 0 unspecified atom stereocenters. The minimum absolute atomic E-state index is 0.0876. The summed E-state index contributed by atoms with van der Waals surface area (Å²) in [7, 11) is 0. The Hall–Kier alpha value is -1.37. The Bertz CT molecular complexity index is 442. The van der Waals surface area contributed by atoms with E-state index >= 15 is 0 Å². The van der Waals surface area contributed by atoms with Crippen molar-refractivity contribution in [1.29, 1.82) is 0 Å². The van der Waals surface area contributed by atoms with Gasteiger partial charge in [0.05, 0.1) is 11.6 Å². The van der Waals surface area contributed by atoms with E-state index in [9.17, 15) is 4.39 Å². The third-order valence-electron chi connectivity index (χ3n) is 2.50. The van der Waals surface area contributed by atoms with Crippen LogP contribution in [0.25, 0.3) is 0 Å². The molecule has 7 heteroatoms. The predicted molar refractivity (Wildman–Crippen MR) is 79.0 cm³/mol. The van der Waals surface area contributed by atoms with Crippen molar-refractivity contribution in [2.24, 2.45) is 10.8 Å². The summed E-state index contributed by atoms with van der Waals surface area (Å²) in [5, 5.41) is 3.14. The van der Waals surface area contributed by atoms with E-state index in [1.807, 2.05) is 6.92 Å². The summed E-state index contributed by atoms with van der Waals surface area (Å²) in [6.07, 6.45) is 0.858. The number of hydrogen-bond acceptors (Lipinski definition) is 3. The number of hydrazine groups is 1. The summed E-state index contributed by atoms with van der Waals surface area (Å²) < 4.78 is 18.2. The Morgan fingerprint density at radius 3 is 2.95 bits per heavy atom. The second kappa shape index (κ2) is 9.52. The van der Waals surface area contributed by atoms with Crippen LogP contribution in [0.2, 0.25) is 5.02 Å². The Labute approximate surface area is 123 Å². The van der Waals surface area contributed by atoms with Gasteiger partial charge in [-0.2, -0.15) is 0 Å². The van der Waals surface area contributed by atoms with Gasteiger partial charge in [-0.05, 0) is 31.0 Å². The van der Waals surface area contributed by atoms with Crippen LogP contribution in [0.5, 0.6) is 0 Å². The maximum atomic E-state index is 13.0. The van der Waals surface area contributed by atoms with E-state index in [1.54, 1.807) is 12.1 Å². The summed E-state index contributed by atoms with van der Waals surface area (Å²) in [4.78, 5) is 4.25. The molecule has 4 N–H and O–H groups in total. The average molecular weight is 303 g/mol. The minimum atomic E-state index is -0.439. The van der Waals surface area contributed by atoms with E-state index in [-0.39, 0.29) is 5.02 Å². The average Bonchev–Trinajstić information content (AvgIpc) is 2.45. The molecule has 0 saturated carbocycles. The van der Waals surface area contributed by atoms with Crippen molar-refractivity contribution < 1.29 is 9.13 Å². The zero-order valence-corrected chi connectivity index (χ0v) is 12.2. The topological polar surface area (TPSA) is 71.7 Å². The third-order valence-corrected chi connectivity index (χ3v) is 2.79. The van der Waals surface area contributed by atoms with Crippen LogP contribution in [0.3, 0.4) is 0 Å². The molecule has 0 aliphatic carbocycles. The van der Waals surface area contributed by atoms with Gasteiger partial charge in [-0.1, -0.05) is 17.7 Å². The maximum absolute atomic E-state index is 13.0. The van der Waals surface area contributed by atoms with E-state index in [2.05, 4.69) is 15.7 Å². The molecule has 0 amide bonds. The number of halogens is 2. The van der Waals surface area contributed by atoms with Crippen LogP contribution >= 0.6 is 11.6 Å². The van der Waals surface area contributed by atoms with Crippen molar-refractivity contribution >= 4 is 17.6 Å². The molecule has 20 heavy (non-hydrogen) atoms. The van der Waals surface area contributed by atoms with Crippen molar-refractivity contribution in [3.8, 4) is 0 Å². The van der Waals surface area contributed by atoms with Gasteiger partial charge < -0.3 is 10.1 Å². The number of nitrogens with zero attached hydrogens (tertiary/aromatic N) is 1. The van der Waals surface area contributed by atoms with E-state index < -0.39 is 5.82 Å². The largest absolute Gasteiger partial charge is 0.382 e. The molecule has 0 radical (unpaired) electrons. The molecular formula is C13H20ClFN4O. The first-order valence-corrected chi connectivity index (χ1v) is 6.81. The van der Waals surface area contributed by atoms with Crippen LogP contribution in [0.1, 0.15) is 18.9 Å². The highest BCUT2D eigenvalue weighted by atomic mass is 35.5. The SMILES string of the molecule is CCOCCCNC(=NCc1ccc(F)c(Cl)c1)NN. The predicted octanol–water partition coefficient (Wildman–Crippen LogP) is 1.81. The first kappa shape index (κ1) is 16.7.